The van der Waals surface area contributed by atoms with Crippen LogP contribution in [-0.2, 0) is 0 Å². The van der Waals surface area contributed by atoms with E-state index in [9.17, 15) is 9.59 Å². The number of ether oxygens (including phenoxy) is 1. The lowest BCUT2D eigenvalue weighted by Crippen LogP contribution is -2.27. The van der Waals surface area contributed by atoms with Crippen LogP contribution in [0.1, 0.15) is 58.7 Å². The van der Waals surface area contributed by atoms with Gasteiger partial charge in [0.2, 0.25) is 0 Å². The number of rotatable bonds is 4. The Labute approximate surface area is 198 Å². The first-order valence-electron chi connectivity index (χ1n) is 11.7. The van der Waals surface area contributed by atoms with E-state index < -0.39 is 0 Å². The van der Waals surface area contributed by atoms with E-state index in [1.54, 1.807) is 49.1 Å². The van der Waals surface area contributed by atoms with Crippen LogP contribution in [0.5, 0.6) is 11.5 Å². The minimum atomic E-state index is -0.190. The van der Waals surface area contributed by atoms with E-state index in [4.69, 9.17) is 9.15 Å². The van der Waals surface area contributed by atoms with Crippen molar-refractivity contribution in [3.05, 3.63) is 59.1 Å². The lowest BCUT2D eigenvalue weighted by molar-refractivity contribution is 0.0792. The molecule has 1 saturated heterocycles. The van der Waals surface area contributed by atoms with Crippen molar-refractivity contribution in [3.63, 3.8) is 0 Å². The van der Waals surface area contributed by atoms with Gasteiger partial charge in [-0.25, -0.2) is 4.52 Å². The fourth-order valence-electron chi connectivity index (χ4n) is 4.41. The summed E-state index contributed by atoms with van der Waals surface area (Å²) in [5.41, 5.74) is 3.31. The van der Waals surface area contributed by atoms with E-state index in [0.29, 0.717) is 34.0 Å². The first kappa shape index (κ1) is 23.4. The summed E-state index contributed by atoms with van der Waals surface area (Å²) in [5.74, 6) is 1.55. The highest BCUT2D eigenvalue weighted by atomic mass is 16.5. The molecule has 0 radical (unpaired) electrons. The fraction of sp³-hybridized carbons (Fsp3) is 0.346. The van der Waals surface area contributed by atoms with Gasteiger partial charge in [0.25, 0.3) is 11.8 Å². The number of carbonyl (C=O) groups is 2. The van der Waals surface area contributed by atoms with Crippen molar-refractivity contribution < 1.29 is 18.7 Å². The maximum atomic E-state index is 13.0. The number of likely N-dealkylation sites (tertiary alicyclic amines) is 1. The zero-order valence-corrected chi connectivity index (χ0v) is 20.3. The molecule has 0 saturated carbocycles. The number of hydrogen-bond donors (Lipinski definition) is 1. The standard InChI is InChI=1S/C24H24N4O4.C2H6/c1-14-18(24(30)27-10-4-5-11-27)13-28-22(14)19(8-9-26-28)32-16-6-7-17-20(12-16)31-15(2)21(17)23(29)25-3;1-2/h6-9,12-13H,4-5,10-11H2,1-3H3,(H,25,29);1-2H3. The number of furan rings is 1. The second kappa shape index (κ2) is 9.59. The van der Waals surface area contributed by atoms with Crippen molar-refractivity contribution in [2.75, 3.05) is 20.1 Å². The third-order valence-electron chi connectivity index (χ3n) is 6.03. The molecule has 178 valence electrons. The van der Waals surface area contributed by atoms with Gasteiger partial charge in [0.1, 0.15) is 22.6 Å². The van der Waals surface area contributed by atoms with Crippen molar-refractivity contribution in [3.8, 4) is 11.5 Å². The van der Waals surface area contributed by atoms with Crippen molar-refractivity contribution in [2.24, 2.45) is 0 Å². The Hall–Kier alpha value is -3.81. The average molecular weight is 463 g/mol. The maximum Gasteiger partial charge on any atom is 0.255 e. The largest absolute Gasteiger partial charge is 0.460 e. The summed E-state index contributed by atoms with van der Waals surface area (Å²) < 4.78 is 13.7. The van der Waals surface area contributed by atoms with Crippen molar-refractivity contribution >= 4 is 28.3 Å². The molecule has 0 unspecified atom stereocenters. The van der Waals surface area contributed by atoms with Crippen LogP contribution in [0.2, 0.25) is 0 Å². The molecule has 1 N–H and O–H groups in total. The first-order chi connectivity index (χ1) is 16.5. The van der Waals surface area contributed by atoms with E-state index in [1.807, 2.05) is 31.7 Å². The van der Waals surface area contributed by atoms with E-state index in [0.717, 1.165) is 42.4 Å². The van der Waals surface area contributed by atoms with Gasteiger partial charge in [-0.15, -0.1) is 0 Å². The molecule has 4 aromatic rings. The third-order valence-corrected chi connectivity index (χ3v) is 6.03. The van der Waals surface area contributed by atoms with Gasteiger partial charge in [-0.2, -0.15) is 5.10 Å². The average Bonchev–Trinajstić information content (AvgIpc) is 3.57. The van der Waals surface area contributed by atoms with Gasteiger partial charge in [-0.3, -0.25) is 9.59 Å². The Morgan fingerprint density at radius 2 is 1.85 bits per heavy atom. The number of aryl methyl sites for hydroxylation is 2. The van der Waals surface area contributed by atoms with Crippen molar-refractivity contribution in [1.29, 1.82) is 0 Å². The summed E-state index contributed by atoms with van der Waals surface area (Å²) in [5, 5.41) is 7.74. The first-order valence-corrected chi connectivity index (χ1v) is 11.7. The molecule has 1 fully saturated rings. The third kappa shape index (κ3) is 4.00. The second-order valence-electron chi connectivity index (χ2n) is 8.03. The molecule has 0 bridgehead atoms. The van der Waals surface area contributed by atoms with Crippen molar-refractivity contribution in [1.82, 2.24) is 19.8 Å². The number of nitrogens with one attached hydrogen (secondary N) is 1. The van der Waals surface area contributed by atoms with Gasteiger partial charge >= 0.3 is 0 Å². The topological polar surface area (TPSA) is 89.1 Å². The highest BCUT2D eigenvalue weighted by molar-refractivity contribution is 6.07. The summed E-state index contributed by atoms with van der Waals surface area (Å²) in [6.45, 7) is 9.27. The quantitative estimate of drug-likeness (QED) is 0.455. The zero-order valence-electron chi connectivity index (χ0n) is 20.3. The molecule has 0 atom stereocenters. The number of carbonyl (C=O) groups excluding carboxylic acids is 2. The molecular formula is C26H30N4O4. The van der Waals surface area contributed by atoms with Crippen LogP contribution >= 0.6 is 0 Å². The normalized spacial score (nSPS) is 13.1. The number of aromatic nitrogens is 2. The Kier molecular flexibility index (Phi) is 6.58. The second-order valence-corrected chi connectivity index (χ2v) is 8.03. The van der Waals surface area contributed by atoms with Crippen molar-refractivity contribution in [2.45, 2.75) is 40.5 Å². The molecule has 1 aromatic carbocycles. The van der Waals surface area contributed by atoms with Gasteiger partial charge in [0, 0.05) is 43.9 Å². The van der Waals surface area contributed by atoms with Gasteiger partial charge in [0.05, 0.1) is 17.3 Å². The molecular weight excluding hydrogens is 432 g/mol. The molecule has 2 amide bonds. The highest BCUT2D eigenvalue weighted by Crippen LogP contribution is 2.34. The van der Waals surface area contributed by atoms with Gasteiger partial charge < -0.3 is 19.4 Å². The van der Waals surface area contributed by atoms with Gasteiger partial charge in [-0.05, 0) is 44.4 Å². The summed E-state index contributed by atoms with van der Waals surface area (Å²) >= 11 is 0. The van der Waals surface area contributed by atoms with Crippen LogP contribution < -0.4 is 10.1 Å². The van der Waals surface area contributed by atoms with Crippen LogP contribution in [0.15, 0.2) is 41.1 Å². The summed E-state index contributed by atoms with van der Waals surface area (Å²) in [4.78, 5) is 27.0. The van der Waals surface area contributed by atoms with Crippen LogP contribution in [0.25, 0.3) is 16.5 Å². The predicted molar refractivity (Wildman–Crippen MR) is 131 cm³/mol. The summed E-state index contributed by atoms with van der Waals surface area (Å²) in [6.07, 6.45) is 5.50. The van der Waals surface area contributed by atoms with Gasteiger partial charge in [-0.1, -0.05) is 13.8 Å². The fourth-order valence-corrected chi connectivity index (χ4v) is 4.41. The molecule has 1 aliphatic rings. The zero-order chi connectivity index (χ0) is 24.4. The lowest BCUT2D eigenvalue weighted by atomic mass is 10.1. The minimum Gasteiger partial charge on any atom is -0.460 e. The Morgan fingerprint density at radius 3 is 2.56 bits per heavy atom. The smallest absolute Gasteiger partial charge is 0.255 e. The summed E-state index contributed by atoms with van der Waals surface area (Å²) in [7, 11) is 1.59. The van der Waals surface area contributed by atoms with Crippen LogP contribution in [0.3, 0.4) is 0 Å². The minimum absolute atomic E-state index is 0.0330. The molecule has 1 aliphatic heterocycles. The maximum absolute atomic E-state index is 13.0. The Morgan fingerprint density at radius 1 is 1.12 bits per heavy atom. The Balaban J connectivity index is 0.00000133. The SMILES string of the molecule is CC.CNC(=O)c1c(C)oc2cc(Oc3ccnn4cc(C(=O)N5CCCC5)c(C)c34)ccc12. The molecule has 0 spiro atoms. The number of amides is 2. The molecule has 5 rings (SSSR count). The molecule has 3 aromatic heterocycles. The van der Waals surface area contributed by atoms with E-state index in [-0.39, 0.29) is 11.8 Å². The van der Waals surface area contributed by atoms with Gasteiger partial charge in [0.15, 0.2) is 5.75 Å². The van der Waals surface area contributed by atoms with Crippen LogP contribution in [0, 0.1) is 13.8 Å². The number of benzene rings is 1. The number of nitrogens with zero attached hydrogens (tertiary/aromatic N) is 3. The van der Waals surface area contributed by atoms with E-state index in [2.05, 4.69) is 10.4 Å². The molecule has 4 heterocycles. The lowest BCUT2D eigenvalue weighted by Gasteiger charge is -2.14. The summed E-state index contributed by atoms with van der Waals surface area (Å²) in [6, 6.07) is 7.16. The monoisotopic (exact) mass is 462 g/mol. The van der Waals surface area contributed by atoms with Crippen LogP contribution in [0.4, 0.5) is 0 Å². The number of hydrogen-bond acceptors (Lipinski definition) is 5. The van der Waals surface area contributed by atoms with Crippen LogP contribution in [-0.4, -0.2) is 46.5 Å². The number of fused-ring (bicyclic) bond motifs is 2. The molecule has 8 nitrogen and oxygen atoms in total. The molecule has 8 heteroatoms. The highest BCUT2D eigenvalue weighted by Gasteiger charge is 2.25. The Bertz CT molecular complexity index is 1360. The van der Waals surface area contributed by atoms with E-state index >= 15 is 0 Å². The van der Waals surface area contributed by atoms with E-state index in [1.165, 1.54) is 0 Å². The predicted octanol–water partition coefficient (Wildman–Crippen LogP) is 5.11. The molecule has 34 heavy (non-hydrogen) atoms. The molecule has 0 aliphatic carbocycles.